The number of thiazole rings is 1. The monoisotopic (exact) mass is 855 g/mol. The van der Waals surface area contributed by atoms with Gasteiger partial charge < -0.3 is 29.0 Å². The number of morpholine rings is 1. The van der Waals surface area contributed by atoms with Crippen LogP contribution in [-0.4, -0.2) is 73.1 Å². The van der Waals surface area contributed by atoms with Crippen LogP contribution in [0.3, 0.4) is 0 Å². The number of ether oxygens (including phenoxy) is 4. The summed E-state index contributed by atoms with van der Waals surface area (Å²) in [4.78, 5) is 18.6. The molecule has 60 heavy (non-hydrogen) atoms. The van der Waals surface area contributed by atoms with Crippen LogP contribution in [0.1, 0.15) is 154 Å². The number of benzene rings is 2. The topological polar surface area (TPSA) is 90.4 Å². The van der Waals surface area contributed by atoms with Crippen molar-refractivity contribution in [3.05, 3.63) is 59.1 Å². The first-order valence-electron chi connectivity index (χ1n) is 22.3. The second-order valence-corrected chi connectivity index (χ2v) is 21.7. The van der Waals surface area contributed by atoms with Gasteiger partial charge >= 0.3 is 0 Å². The molecule has 1 fully saturated rings. The summed E-state index contributed by atoms with van der Waals surface area (Å²) in [6, 6.07) is 14.3. The number of methoxy groups -OCH3 is 1. The zero-order valence-electron chi connectivity index (χ0n) is 41.0. The number of hydrogen-bond acceptors (Lipinski definition) is 8. The van der Waals surface area contributed by atoms with Crippen molar-refractivity contribution >= 4 is 17.2 Å². The average molecular weight is 855 g/mol. The van der Waals surface area contributed by atoms with Crippen molar-refractivity contribution in [2.24, 2.45) is 21.7 Å². The fourth-order valence-electron chi connectivity index (χ4n) is 6.53. The first-order valence-corrected chi connectivity index (χ1v) is 23.2. The van der Waals surface area contributed by atoms with Gasteiger partial charge in [0.15, 0.2) is 11.5 Å². The van der Waals surface area contributed by atoms with E-state index in [-0.39, 0.29) is 34.4 Å². The number of rotatable bonds is 13. The van der Waals surface area contributed by atoms with Crippen LogP contribution in [0.2, 0.25) is 0 Å². The third-order valence-corrected chi connectivity index (χ3v) is 9.90. The molecule has 2 heterocycles. The number of nitrogens with zero attached hydrogens (tertiary/aromatic N) is 2. The van der Waals surface area contributed by atoms with Gasteiger partial charge in [-0.3, -0.25) is 4.79 Å². The van der Waals surface area contributed by atoms with Crippen molar-refractivity contribution in [2.45, 2.75) is 168 Å². The van der Waals surface area contributed by atoms with Crippen molar-refractivity contribution in [3.63, 3.8) is 0 Å². The number of aliphatic hydroxyl groups is 1. The molecule has 2 atom stereocenters. The van der Waals surface area contributed by atoms with E-state index >= 15 is 0 Å². The first-order chi connectivity index (χ1) is 27.8. The van der Waals surface area contributed by atoms with E-state index in [1.807, 2.05) is 56.9 Å². The third-order valence-electron chi connectivity index (χ3n) is 8.96. The second-order valence-electron chi connectivity index (χ2n) is 20.9. The average Bonchev–Trinajstić information content (AvgIpc) is 3.57. The van der Waals surface area contributed by atoms with Crippen molar-refractivity contribution in [2.75, 3.05) is 40.0 Å². The molecule has 0 saturated carbocycles. The molecule has 2 unspecified atom stereocenters. The Morgan fingerprint density at radius 2 is 1.38 bits per heavy atom. The Kier molecular flexibility index (Phi) is 24.1. The minimum atomic E-state index is 0.0713. The summed E-state index contributed by atoms with van der Waals surface area (Å²) in [7, 11) is 1.69. The fraction of sp³-hybridized carbons (Fsp3) is 0.686. The van der Waals surface area contributed by atoms with Crippen LogP contribution in [0, 0.1) is 21.7 Å². The summed E-state index contributed by atoms with van der Waals surface area (Å²) >= 11 is 1.70. The molecule has 4 rings (SSSR count). The standard InChI is InChI=1S/C15H19NOS.C15H24O2.C12H23NO2.C9H20O/c1-15(2,3)9-12-10-18-14(16-12)11-6-5-7-13(8-11)17-4;1-6-16-13-9-8-12(11-15(3,4)5)10-14(13)17-7-2;1-9-7-13(8-10(2)15-9)11(14)6-12(3,4)5;1-9(2,3)7-5-4-6-8-10/h5-8,10H,9H2,1-4H3;8-10H,6-7,11H2,1-5H3;9-10H,6-8H2,1-5H3;10H,4-8H2,1-3H3. The van der Waals surface area contributed by atoms with Gasteiger partial charge in [0.05, 0.1) is 38.2 Å². The number of hydrogen-bond donors (Lipinski definition) is 1. The molecular weight excluding hydrogens is 769 g/mol. The lowest BCUT2D eigenvalue weighted by atomic mass is 9.88. The highest BCUT2D eigenvalue weighted by molar-refractivity contribution is 7.13. The Hall–Kier alpha value is -3.14. The Morgan fingerprint density at radius 1 is 0.783 bits per heavy atom. The minimum Gasteiger partial charge on any atom is -0.497 e. The highest BCUT2D eigenvalue weighted by Gasteiger charge is 2.28. The van der Waals surface area contributed by atoms with E-state index < -0.39 is 0 Å². The van der Waals surface area contributed by atoms with Gasteiger partial charge in [-0.05, 0) is 105 Å². The molecule has 1 saturated heterocycles. The molecule has 1 aromatic heterocycles. The molecule has 342 valence electrons. The third kappa shape index (κ3) is 25.6. The quantitative estimate of drug-likeness (QED) is 0.171. The normalized spacial score (nSPS) is 15.7. The molecule has 8 nitrogen and oxygen atoms in total. The molecule has 1 N–H and O–H groups in total. The molecule has 1 aliphatic rings. The molecule has 0 aliphatic carbocycles. The molecule has 1 aliphatic heterocycles. The smallest absolute Gasteiger partial charge is 0.223 e. The van der Waals surface area contributed by atoms with Crippen LogP contribution in [0.25, 0.3) is 10.6 Å². The number of unbranched alkanes of at least 4 members (excludes halogenated alkanes) is 2. The van der Waals surface area contributed by atoms with Gasteiger partial charge in [-0.15, -0.1) is 11.3 Å². The van der Waals surface area contributed by atoms with Gasteiger partial charge in [-0.2, -0.15) is 0 Å². The highest BCUT2D eigenvalue weighted by Crippen LogP contribution is 2.32. The summed E-state index contributed by atoms with van der Waals surface area (Å²) in [5.74, 6) is 2.83. The number of aliphatic hydroxyl groups excluding tert-OH is 1. The maximum absolute atomic E-state index is 12.0. The van der Waals surface area contributed by atoms with E-state index in [9.17, 15) is 4.79 Å². The summed E-state index contributed by atoms with van der Waals surface area (Å²) < 4.78 is 22.0. The Bertz CT molecular complexity index is 1620. The fourth-order valence-corrected chi connectivity index (χ4v) is 7.35. The van der Waals surface area contributed by atoms with Crippen LogP contribution < -0.4 is 14.2 Å². The Morgan fingerprint density at radius 3 is 1.90 bits per heavy atom. The van der Waals surface area contributed by atoms with Crippen LogP contribution >= 0.6 is 11.3 Å². The lowest BCUT2D eigenvalue weighted by Crippen LogP contribution is -2.48. The molecule has 0 spiro atoms. The maximum atomic E-state index is 12.0. The SMILES string of the molecule is CC(C)(C)CCCCCO.CC1CN(C(=O)CC(C)(C)C)CC(C)O1.CCOc1ccc(CC(C)(C)C)cc1OCC.COc1cccc(-c2nc(CC(C)(C)C)cs2)c1. The predicted octanol–water partition coefficient (Wildman–Crippen LogP) is 13.1. The van der Waals surface area contributed by atoms with Gasteiger partial charge in [0.1, 0.15) is 10.8 Å². The maximum Gasteiger partial charge on any atom is 0.223 e. The van der Waals surface area contributed by atoms with E-state index in [4.69, 9.17) is 29.0 Å². The van der Waals surface area contributed by atoms with E-state index in [0.29, 0.717) is 31.7 Å². The molecule has 3 aromatic rings. The van der Waals surface area contributed by atoms with Gasteiger partial charge in [-0.1, -0.05) is 114 Å². The summed E-state index contributed by atoms with van der Waals surface area (Å²) in [6.07, 6.45) is 7.66. The van der Waals surface area contributed by atoms with Crippen molar-refractivity contribution < 1.29 is 28.8 Å². The number of aromatic nitrogens is 1. The molecular formula is C51H86N2O6S. The van der Waals surface area contributed by atoms with Gasteiger partial charge in [0.2, 0.25) is 5.91 Å². The lowest BCUT2D eigenvalue weighted by Gasteiger charge is -2.36. The van der Waals surface area contributed by atoms with Crippen LogP contribution in [0.5, 0.6) is 17.2 Å². The summed E-state index contributed by atoms with van der Waals surface area (Å²) in [6.45, 7) is 37.6. The number of amides is 1. The zero-order chi connectivity index (χ0) is 45.7. The van der Waals surface area contributed by atoms with Crippen LogP contribution in [0.15, 0.2) is 47.8 Å². The molecule has 0 bridgehead atoms. The minimum absolute atomic E-state index is 0.0713. The number of carbonyl (C=O) groups is 1. The van der Waals surface area contributed by atoms with Crippen LogP contribution in [-0.2, 0) is 22.4 Å². The van der Waals surface area contributed by atoms with E-state index in [0.717, 1.165) is 60.2 Å². The van der Waals surface area contributed by atoms with Gasteiger partial charge in [-0.25, -0.2) is 4.98 Å². The van der Waals surface area contributed by atoms with Crippen molar-refractivity contribution in [1.29, 1.82) is 0 Å². The van der Waals surface area contributed by atoms with E-state index in [1.165, 1.54) is 30.5 Å². The zero-order valence-corrected chi connectivity index (χ0v) is 41.9. The molecule has 2 aromatic carbocycles. The van der Waals surface area contributed by atoms with E-state index in [1.54, 1.807) is 18.4 Å². The van der Waals surface area contributed by atoms with Gasteiger partial charge in [0.25, 0.3) is 0 Å². The highest BCUT2D eigenvalue weighted by atomic mass is 32.1. The molecule has 1 amide bonds. The second kappa shape index (κ2) is 26.4. The largest absolute Gasteiger partial charge is 0.497 e. The lowest BCUT2D eigenvalue weighted by molar-refractivity contribution is -0.145. The molecule has 0 radical (unpaired) electrons. The van der Waals surface area contributed by atoms with Crippen LogP contribution in [0.4, 0.5) is 0 Å². The predicted molar refractivity (Wildman–Crippen MR) is 255 cm³/mol. The van der Waals surface area contributed by atoms with Crippen molar-refractivity contribution in [1.82, 2.24) is 9.88 Å². The summed E-state index contributed by atoms with van der Waals surface area (Å²) in [5.41, 5.74) is 4.70. The van der Waals surface area contributed by atoms with Crippen molar-refractivity contribution in [3.8, 4) is 27.8 Å². The van der Waals surface area contributed by atoms with Gasteiger partial charge in [0, 0.05) is 37.1 Å². The van der Waals surface area contributed by atoms with E-state index in [2.05, 4.69) is 107 Å². The summed E-state index contributed by atoms with van der Waals surface area (Å²) in [5, 5.41) is 11.7. The molecule has 9 heteroatoms. The Balaban J connectivity index is 0.000000408. The number of carbonyl (C=O) groups excluding carboxylic acids is 1. The Labute approximate surface area is 371 Å². The first kappa shape index (κ1) is 54.9.